The smallest absolute Gasteiger partial charge is 0.387 e. The Kier molecular flexibility index (Phi) is 5.25. The van der Waals surface area contributed by atoms with Gasteiger partial charge in [0, 0.05) is 19.2 Å². The molecule has 0 unspecified atom stereocenters. The zero-order valence-electron chi connectivity index (χ0n) is 14.1. The van der Waals surface area contributed by atoms with Crippen LogP contribution in [0.2, 0.25) is 5.02 Å². The first-order valence-corrected chi connectivity index (χ1v) is 9.72. The molecule has 2 aromatic carbocycles. The number of alkyl halides is 2. The molecule has 1 aliphatic rings. The largest absolute Gasteiger partial charge is 0.433 e. The van der Waals surface area contributed by atoms with Crippen LogP contribution >= 0.6 is 11.6 Å². The minimum Gasteiger partial charge on any atom is -0.433 e. The molecule has 144 valence electrons. The molecular weight excluding hydrogens is 402 g/mol. The molecule has 0 aliphatic carbocycles. The van der Waals surface area contributed by atoms with Crippen molar-refractivity contribution in [2.75, 3.05) is 16.2 Å². The van der Waals surface area contributed by atoms with E-state index in [9.17, 15) is 22.0 Å². The van der Waals surface area contributed by atoms with Gasteiger partial charge in [0.15, 0.2) is 0 Å². The molecule has 0 atom stereocenters. The maximum absolute atomic E-state index is 12.6. The third kappa shape index (κ3) is 4.14. The van der Waals surface area contributed by atoms with Crippen LogP contribution in [0.15, 0.2) is 41.3 Å². The van der Waals surface area contributed by atoms with Crippen molar-refractivity contribution in [3.05, 3.63) is 47.0 Å². The number of carbonyl (C=O) groups is 1. The lowest BCUT2D eigenvalue weighted by Crippen LogP contribution is -2.25. The molecule has 27 heavy (non-hydrogen) atoms. The summed E-state index contributed by atoms with van der Waals surface area (Å²) in [5.74, 6) is -0.361. The summed E-state index contributed by atoms with van der Waals surface area (Å²) in [6, 6.07) is 8.10. The molecule has 0 bridgehead atoms. The van der Waals surface area contributed by atoms with Gasteiger partial charge in [-0.2, -0.15) is 8.78 Å². The van der Waals surface area contributed by atoms with Crippen molar-refractivity contribution in [2.45, 2.75) is 24.9 Å². The molecule has 1 amide bonds. The molecule has 0 saturated carbocycles. The Morgan fingerprint density at radius 1 is 1.26 bits per heavy atom. The molecule has 2 aromatic rings. The van der Waals surface area contributed by atoms with E-state index in [-0.39, 0.29) is 27.3 Å². The Bertz CT molecular complexity index is 998. The van der Waals surface area contributed by atoms with Gasteiger partial charge in [0.25, 0.3) is 10.0 Å². The number of sulfonamides is 1. The number of amides is 1. The van der Waals surface area contributed by atoms with Gasteiger partial charge in [-0.25, -0.2) is 8.42 Å². The highest BCUT2D eigenvalue weighted by molar-refractivity contribution is 7.92. The summed E-state index contributed by atoms with van der Waals surface area (Å²) in [5.41, 5.74) is 1.55. The molecule has 0 saturated heterocycles. The highest BCUT2D eigenvalue weighted by Crippen LogP contribution is 2.32. The van der Waals surface area contributed by atoms with Gasteiger partial charge in [-0.3, -0.25) is 9.52 Å². The van der Waals surface area contributed by atoms with Crippen LogP contribution in [0.5, 0.6) is 5.75 Å². The maximum Gasteiger partial charge on any atom is 0.387 e. The first-order chi connectivity index (χ1) is 12.7. The van der Waals surface area contributed by atoms with Crippen LogP contribution in [-0.2, 0) is 21.2 Å². The predicted octanol–water partition coefficient (Wildman–Crippen LogP) is 3.65. The Morgan fingerprint density at radius 2 is 2.00 bits per heavy atom. The monoisotopic (exact) mass is 416 g/mol. The number of fused-ring (bicyclic) bond motifs is 1. The van der Waals surface area contributed by atoms with Crippen molar-refractivity contribution in [1.82, 2.24) is 0 Å². The number of nitrogens with one attached hydrogen (secondary N) is 1. The number of nitrogens with zero attached hydrogens (tertiary/aromatic N) is 1. The molecule has 0 spiro atoms. The molecule has 0 aromatic heterocycles. The molecule has 1 N–H and O–H groups in total. The standard InChI is InChI=1S/C17H15ClF2N2O4S/c1-10(23)22-7-6-11-8-13(3-4-15(11)22)27(24,25)21-12-2-5-16(14(18)9-12)26-17(19)20/h2-5,8-9,17,21H,6-7H2,1H3. The molecule has 3 rings (SSSR count). The fraction of sp³-hybridized carbons (Fsp3) is 0.235. The van der Waals surface area contributed by atoms with Crippen molar-refractivity contribution in [2.24, 2.45) is 0 Å². The van der Waals surface area contributed by atoms with Crippen LogP contribution in [0.1, 0.15) is 12.5 Å². The lowest BCUT2D eigenvalue weighted by atomic mass is 10.2. The summed E-state index contributed by atoms with van der Waals surface area (Å²) in [4.78, 5) is 13.2. The third-order valence-corrected chi connectivity index (χ3v) is 5.71. The molecule has 10 heteroatoms. The number of rotatable bonds is 5. The summed E-state index contributed by atoms with van der Waals surface area (Å²) < 4.78 is 56.3. The Labute approximate surface area is 159 Å². The van der Waals surface area contributed by atoms with Crippen LogP contribution in [0.3, 0.4) is 0 Å². The predicted molar refractivity (Wildman–Crippen MR) is 97.1 cm³/mol. The van der Waals surface area contributed by atoms with E-state index in [1.165, 1.54) is 31.2 Å². The van der Waals surface area contributed by atoms with E-state index in [1.54, 1.807) is 11.0 Å². The highest BCUT2D eigenvalue weighted by atomic mass is 35.5. The minimum absolute atomic E-state index is 0.0238. The van der Waals surface area contributed by atoms with Gasteiger partial charge in [0.05, 0.1) is 15.6 Å². The second-order valence-corrected chi connectivity index (χ2v) is 7.93. The summed E-state index contributed by atoms with van der Waals surface area (Å²) in [5, 5.41) is -0.151. The van der Waals surface area contributed by atoms with Crippen LogP contribution in [0, 0.1) is 0 Å². The van der Waals surface area contributed by atoms with Crippen molar-refractivity contribution >= 4 is 38.9 Å². The van der Waals surface area contributed by atoms with E-state index >= 15 is 0 Å². The Balaban J connectivity index is 1.84. The van der Waals surface area contributed by atoms with Crippen molar-refractivity contribution < 1.29 is 26.7 Å². The van der Waals surface area contributed by atoms with Crippen LogP contribution in [0.4, 0.5) is 20.2 Å². The normalized spacial score (nSPS) is 13.6. The number of benzene rings is 2. The number of halogens is 3. The van der Waals surface area contributed by atoms with E-state index in [4.69, 9.17) is 11.6 Å². The first-order valence-electron chi connectivity index (χ1n) is 7.85. The summed E-state index contributed by atoms with van der Waals surface area (Å²) in [6.07, 6.45) is 0.559. The minimum atomic E-state index is -3.93. The van der Waals surface area contributed by atoms with Gasteiger partial charge in [0.2, 0.25) is 5.91 Å². The number of hydrogen-bond donors (Lipinski definition) is 1. The summed E-state index contributed by atoms with van der Waals surface area (Å²) in [6.45, 7) is -1.08. The first kappa shape index (κ1) is 19.4. The van der Waals surface area contributed by atoms with Gasteiger partial charge < -0.3 is 9.64 Å². The summed E-state index contributed by atoms with van der Waals surface area (Å²) in [7, 11) is -3.93. The van der Waals surface area contributed by atoms with Crippen molar-refractivity contribution in [1.29, 1.82) is 0 Å². The van der Waals surface area contributed by atoms with Crippen molar-refractivity contribution in [3.63, 3.8) is 0 Å². The molecule has 6 nitrogen and oxygen atoms in total. The van der Waals surface area contributed by atoms with Crippen LogP contribution < -0.4 is 14.4 Å². The molecular formula is C17H15ClF2N2O4S. The van der Waals surface area contributed by atoms with E-state index in [2.05, 4.69) is 9.46 Å². The molecule has 1 heterocycles. The Hall–Kier alpha value is -2.39. The van der Waals surface area contributed by atoms with E-state index < -0.39 is 16.6 Å². The van der Waals surface area contributed by atoms with E-state index in [1.807, 2.05) is 0 Å². The zero-order chi connectivity index (χ0) is 19.8. The number of carbonyl (C=O) groups excluding carboxylic acids is 1. The van der Waals surface area contributed by atoms with E-state index in [0.29, 0.717) is 18.7 Å². The fourth-order valence-electron chi connectivity index (χ4n) is 2.84. The average molecular weight is 417 g/mol. The third-order valence-electron chi connectivity index (χ3n) is 4.04. The maximum atomic E-state index is 12.6. The second-order valence-electron chi connectivity index (χ2n) is 5.84. The lowest BCUT2D eigenvalue weighted by molar-refractivity contribution is -0.116. The van der Waals surface area contributed by atoms with Crippen molar-refractivity contribution in [3.8, 4) is 5.75 Å². The number of hydrogen-bond acceptors (Lipinski definition) is 4. The summed E-state index contributed by atoms with van der Waals surface area (Å²) >= 11 is 5.84. The fourth-order valence-corrected chi connectivity index (χ4v) is 4.17. The van der Waals surface area contributed by atoms with E-state index in [0.717, 1.165) is 11.6 Å². The van der Waals surface area contributed by atoms with Gasteiger partial charge >= 0.3 is 6.61 Å². The van der Waals surface area contributed by atoms with Gasteiger partial charge in [-0.1, -0.05) is 11.6 Å². The molecule has 0 fully saturated rings. The van der Waals surface area contributed by atoms with Gasteiger partial charge in [-0.05, 0) is 48.4 Å². The van der Waals surface area contributed by atoms with Gasteiger partial charge in [0.1, 0.15) is 5.75 Å². The molecule has 1 aliphatic heterocycles. The van der Waals surface area contributed by atoms with Crippen LogP contribution in [-0.4, -0.2) is 27.5 Å². The second kappa shape index (κ2) is 7.32. The zero-order valence-corrected chi connectivity index (χ0v) is 15.7. The number of ether oxygens (including phenoxy) is 1. The number of anilines is 2. The van der Waals surface area contributed by atoms with Gasteiger partial charge in [-0.15, -0.1) is 0 Å². The quantitative estimate of drug-likeness (QED) is 0.807. The molecule has 0 radical (unpaired) electrons. The topological polar surface area (TPSA) is 75.7 Å². The highest BCUT2D eigenvalue weighted by Gasteiger charge is 2.25. The average Bonchev–Trinajstić information content (AvgIpc) is 3.00. The SMILES string of the molecule is CC(=O)N1CCc2cc(S(=O)(=O)Nc3ccc(OC(F)F)c(Cl)c3)ccc21. The lowest BCUT2D eigenvalue weighted by Gasteiger charge is -2.15. The Morgan fingerprint density at radius 3 is 2.63 bits per heavy atom. The van der Waals surface area contributed by atoms with Crippen LogP contribution in [0.25, 0.3) is 0 Å².